The number of aliphatic hydroxyl groups is 3. The van der Waals surface area contributed by atoms with E-state index < -0.39 is 25.4 Å². The predicted molar refractivity (Wildman–Crippen MR) is 64.5 cm³/mol. The van der Waals surface area contributed by atoms with Crippen molar-refractivity contribution in [3.8, 4) is 0 Å². The van der Waals surface area contributed by atoms with Crippen molar-refractivity contribution in [2.45, 2.75) is 19.0 Å². The van der Waals surface area contributed by atoms with Crippen LogP contribution in [0.15, 0.2) is 18.7 Å². The molecular weight excluding hydrogens is 224 g/mol. The first-order valence-corrected chi connectivity index (χ1v) is 5.13. The Labute approximate surface area is 102 Å². The molecule has 1 aromatic rings. The molecule has 0 aliphatic carbocycles. The summed E-state index contributed by atoms with van der Waals surface area (Å²) < 4.78 is 4.16. The monoisotopic (exact) mass is 249 g/mol. The molecule has 0 aromatic carbocycles. The van der Waals surface area contributed by atoms with Crippen LogP contribution in [0, 0.1) is 0 Å². The van der Waals surface area contributed by atoms with E-state index in [0.29, 0.717) is 0 Å². The van der Waals surface area contributed by atoms with Crippen LogP contribution < -0.4 is 16.5 Å². The summed E-state index contributed by atoms with van der Waals surface area (Å²) in [5.41, 5.74) is 3.94. The Morgan fingerprint density at radius 2 is 1.71 bits per heavy atom. The first kappa shape index (κ1) is 18.4. The van der Waals surface area contributed by atoms with E-state index in [1.807, 2.05) is 17.8 Å². The van der Waals surface area contributed by atoms with E-state index in [0.717, 1.165) is 6.54 Å². The lowest BCUT2D eigenvalue weighted by atomic mass is 10.1. The summed E-state index contributed by atoms with van der Waals surface area (Å²) in [6.07, 6.45) is 6.14. The highest BCUT2D eigenvalue weighted by molar-refractivity contribution is 4.80. The molecule has 0 bridgehead atoms. The Kier molecular flexibility index (Phi) is 9.82. The Morgan fingerprint density at radius 3 is 1.82 bits per heavy atom. The highest BCUT2D eigenvalue weighted by Crippen LogP contribution is 1.93. The third-order valence-corrected chi connectivity index (χ3v) is 2.13. The van der Waals surface area contributed by atoms with Crippen LogP contribution in [0.25, 0.3) is 0 Å². The molecule has 1 aromatic heterocycles. The zero-order valence-electron chi connectivity index (χ0n) is 10.6. The van der Waals surface area contributed by atoms with E-state index in [4.69, 9.17) is 21.1 Å². The minimum Gasteiger partial charge on any atom is -0.394 e. The maximum atomic E-state index is 8.34. The van der Waals surface area contributed by atoms with Gasteiger partial charge in [0.1, 0.15) is 12.4 Å². The number of aryl methyl sites for hydroxylation is 2. The molecule has 0 saturated heterocycles. The van der Waals surface area contributed by atoms with E-state index in [-0.39, 0.29) is 6.15 Å². The van der Waals surface area contributed by atoms with Gasteiger partial charge in [0, 0.05) is 0 Å². The highest BCUT2D eigenvalue weighted by Gasteiger charge is 2.20. The van der Waals surface area contributed by atoms with Crippen LogP contribution in [0.2, 0.25) is 0 Å². The van der Waals surface area contributed by atoms with E-state index >= 15 is 0 Å². The van der Waals surface area contributed by atoms with Crippen LogP contribution in [0.3, 0.4) is 0 Å². The maximum Gasteiger partial charge on any atom is 0.243 e. The van der Waals surface area contributed by atoms with Gasteiger partial charge in [-0.15, -0.1) is 0 Å². The summed E-state index contributed by atoms with van der Waals surface area (Å²) in [4.78, 5) is 0. The van der Waals surface area contributed by atoms with Crippen molar-refractivity contribution >= 4 is 0 Å². The summed E-state index contributed by atoms with van der Waals surface area (Å²) in [5.74, 6) is 0. The first-order chi connectivity index (χ1) is 7.51. The third kappa shape index (κ3) is 7.03. The van der Waals surface area contributed by atoms with Crippen LogP contribution in [0.5, 0.6) is 0 Å². The van der Waals surface area contributed by atoms with E-state index in [1.165, 1.54) is 0 Å². The van der Waals surface area contributed by atoms with Crippen molar-refractivity contribution in [3.63, 3.8) is 0 Å². The Bertz CT molecular complexity index is 279. The van der Waals surface area contributed by atoms with E-state index in [9.17, 15) is 0 Å². The van der Waals surface area contributed by atoms with Gasteiger partial charge in [0.15, 0.2) is 0 Å². The third-order valence-electron chi connectivity index (χ3n) is 2.13. The molecule has 8 N–H and O–H groups in total. The molecule has 0 spiro atoms. The van der Waals surface area contributed by atoms with Crippen LogP contribution in [-0.2, 0) is 13.6 Å². The normalized spacial score (nSPS) is 10.2. The molecule has 0 fully saturated rings. The minimum absolute atomic E-state index is 0. The van der Waals surface area contributed by atoms with Crippen LogP contribution in [0.4, 0.5) is 0 Å². The second-order valence-corrected chi connectivity index (χ2v) is 3.75. The molecule has 1 rings (SSSR count). The average Bonchev–Trinajstić information content (AvgIpc) is 2.75. The maximum absolute atomic E-state index is 8.34. The van der Waals surface area contributed by atoms with E-state index in [1.54, 1.807) is 0 Å². The standard InChI is InChI=1S/C6H11N2.C4H11NO3.H3N/c1-3-8-5-4-7(2)6-8;5-4(1-6,2-7)3-8;/h4-6H,3H2,1-2H3;6-8H,1-3,5H2;1H3/q+1;;. The van der Waals surface area contributed by atoms with Crippen molar-refractivity contribution in [2.24, 2.45) is 12.8 Å². The second kappa shape index (κ2) is 9.08. The molecule has 0 radical (unpaired) electrons. The van der Waals surface area contributed by atoms with Crippen LogP contribution >= 0.6 is 0 Å². The quantitative estimate of drug-likeness (QED) is 0.400. The lowest BCUT2D eigenvalue weighted by molar-refractivity contribution is -0.693. The fourth-order valence-corrected chi connectivity index (χ4v) is 0.839. The smallest absolute Gasteiger partial charge is 0.243 e. The van der Waals surface area contributed by atoms with Gasteiger partial charge in [0.2, 0.25) is 6.33 Å². The fourth-order valence-electron chi connectivity index (χ4n) is 0.839. The lowest BCUT2D eigenvalue weighted by Gasteiger charge is -2.20. The molecule has 0 aliphatic rings. The zero-order valence-corrected chi connectivity index (χ0v) is 10.6. The molecule has 0 atom stereocenters. The molecule has 17 heavy (non-hydrogen) atoms. The number of rotatable bonds is 4. The minimum atomic E-state index is -1.21. The molecule has 102 valence electrons. The Morgan fingerprint density at radius 1 is 1.24 bits per heavy atom. The Hall–Kier alpha value is -0.990. The van der Waals surface area contributed by atoms with Gasteiger partial charge in [-0.1, -0.05) is 0 Å². The molecule has 0 aliphatic heterocycles. The van der Waals surface area contributed by atoms with Crippen molar-refractivity contribution in [2.75, 3.05) is 19.8 Å². The van der Waals surface area contributed by atoms with Gasteiger partial charge in [-0.3, -0.25) is 0 Å². The van der Waals surface area contributed by atoms with Gasteiger partial charge in [0.05, 0.1) is 39.0 Å². The van der Waals surface area contributed by atoms with Gasteiger partial charge in [0.25, 0.3) is 0 Å². The summed E-state index contributed by atoms with van der Waals surface area (Å²) >= 11 is 0. The summed E-state index contributed by atoms with van der Waals surface area (Å²) in [7, 11) is 2.02. The van der Waals surface area contributed by atoms with Crippen molar-refractivity contribution in [1.82, 2.24) is 10.7 Å². The fraction of sp³-hybridized carbons (Fsp3) is 0.700. The molecule has 0 amide bonds. The van der Waals surface area contributed by atoms with Crippen molar-refractivity contribution in [3.05, 3.63) is 18.7 Å². The van der Waals surface area contributed by atoms with Crippen LogP contribution in [0.1, 0.15) is 6.92 Å². The zero-order chi connectivity index (χ0) is 12.6. The SMILES string of the molecule is CC[n+]1ccn(C)c1.N.NC(CO)(CO)CO. The topological polar surface area (TPSA) is 131 Å². The van der Waals surface area contributed by atoms with Gasteiger partial charge in [-0.05, 0) is 6.92 Å². The Balaban J connectivity index is 0. The number of hydrogen-bond acceptors (Lipinski definition) is 5. The summed E-state index contributed by atoms with van der Waals surface area (Å²) in [6.45, 7) is 1.97. The van der Waals surface area contributed by atoms with Gasteiger partial charge in [-0.2, -0.15) is 0 Å². The molecule has 7 heteroatoms. The largest absolute Gasteiger partial charge is 0.394 e. The summed E-state index contributed by atoms with van der Waals surface area (Å²) in [5, 5.41) is 25.0. The van der Waals surface area contributed by atoms with Gasteiger partial charge in [-0.25, -0.2) is 9.13 Å². The molecule has 1 heterocycles. The number of aliphatic hydroxyl groups excluding tert-OH is 3. The molecule has 0 saturated carbocycles. The predicted octanol–water partition coefficient (Wildman–Crippen LogP) is -1.84. The first-order valence-electron chi connectivity index (χ1n) is 5.13. The number of nitrogens with zero attached hydrogens (tertiary/aromatic N) is 2. The molecular formula is C10H25N4O3+. The molecule has 7 nitrogen and oxygen atoms in total. The van der Waals surface area contributed by atoms with E-state index in [2.05, 4.69) is 24.0 Å². The average molecular weight is 249 g/mol. The lowest BCUT2D eigenvalue weighted by Crippen LogP contribution is -2.50. The number of nitrogens with two attached hydrogens (primary N) is 1. The van der Waals surface area contributed by atoms with Crippen molar-refractivity contribution < 1.29 is 19.9 Å². The number of imidazole rings is 1. The van der Waals surface area contributed by atoms with Crippen LogP contribution in [-0.4, -0.2) is 45.2 Å². The summed E-state index contributed by atoms with van der Waals surface area (Å²) in [6, 6.07) is 0. The van der Waals surface area contributed by atoms with Gasteiger partial charge < -0.3 is 27.2 Å². The number of aromatic nitrogens is 2. The van der Waals surface area contributed by atoms with Crippen molar-refractivity contribution in [1.29, 1.82) is 0 Å². The number of hydrogen-bond donors (Lipinski definition) is 5. The van der Waals surface area contributed by atoms with Gasteiger partial charge >= 0.3 is 0 Å². The second-order valence-electron chi connectivity index (χ2n) is 3.75. The highest BCUT2D eigenvalue weighted by atomic mass is 16.3. The molecule has 0 unspecified atom stereocenters.